The van der Waals surface area contributed by atoms with Gasteiger partial charge in [-0.05, 0) is 31.2 Å². The van der Waals surface area contributed by atoms with Gasteiger partial charge in [0, 0.05) is 18.0 Å². The number of fused-ring (bicyclic) bond motifs is 1. The molecule has 0 atom stereocenters. The van der Waals surface area contributed by atoms with E-state index in [4.69, 9.17) is 4.42 Å². The first-order valence-electron chi connectivity index (χ1n) is 8.07. The minimum atomic E-state index is -4.65. The minimum absolute atomic E-state index is 0.0116. The molecule has 142 valence electrons. The molecule has 10 heteroatoms. The van der Waals surface area contributed by atoms with Crippen molar-refractivity contribution in [1.29, 1.82) is 0 Å². The third kappa shape index (κ3) is 3.20. The van der Waals surface area contributed by atoms with E-state index in [9.17, 15) is 18.0 Å². The van der Waals surface area contributed by atoms with E-state index in [1.807, 2.05) is 0 Å². The molecule has 0 saturated heterocycles. The minimum Gasteiger partial charge on any atom is -0.463 e. The molecule has 0 aliphatic heterocycles. The Kier molecular flexibility index (Phi) is 4.10. The highest BCUT2D eigenvalue weighted by atomic mass is 19.4. The first-order valence-corrected chi connectivity index (χ1v) is 8.07. The lowest BCUT2D eigenvalue weighted by Crippen LogP contribution is -2.16. The van der Waals surface area contributed by atoms with Crippen molar-refractivity contribution < 1.29 is 22.4 Å². The molecule has 0 fully saturated rings. The van der Waals surface area contributed by atoms with Crippen LogP contribution in [0.5, 0.6) is 0 Å². The van der Waals surface area contributed by atoms with Gasteiger partial charge in [0.2, 0.25) is 0 Å². The number of hydrogen-bond acceptors (Lipinski definition) is 5. The van der Waals surface area contributed by atoms with Gasteiger partial charge in [0.05, 0.1) is 18.0 Å². The Morgan fingerprint density at radius 1 is 1.21 bits per heavy atom. The molecule has 0 saturated carbocycles. The molecule has 1 N–H and O–H groups in total. The van der Waals surface area contributed by atoms with Crippen LogP contribution in [0.25, 0.3) is 17.1 Å². The summed E-state index contributed by atoms with van der Waals surface area (Å²) in [4.78, 5) is 20.6. The molecule has 7 nitrogen and oxygen atoms in total. The Labute approximate surface area is 155 Å². The molecular formula is C18H12F3N5O2. The van der Waals surface area contributed by atoms with E-state index in [2.05, 4.69) is 20.4 Å². The van der Waals surface area contributed by atoms with Crippen LogP contribution in [0.1, 0.15) is 21.6 Å². The number of hydrogen-bond donors (Lipinski definition) is 1. The van der Waals surface area contributed by atoms with Crippen molar-refractivity contribution in [3.63, 3.8) is 0 Å². The summed E-state index contributed by atoms with van der Waals surface area (Å²) in [7, 11) is 0. The number of carbonyl (C=O) groups is 1. The summed E-state index contributed by atoms with van der Waals surface area (Å²) in [5.74, 6) is -0.281. The maximum Gasteiger partial charge on any atom is 0.421 e. The van der Waals surface area contributed by atoms with Crippen molar-refractivity contribution in [2.45, 2.75) is 13.1 Å². The summed E-state index contributed by atoms with van der Waals surface area (Å²) in [5.41, 5.74) is -0.365. The zero-order valence-electron chi connectivity index (χ0n) is 14.4. The van der Waals surface area contributed by atoms with Gasteiger partial charge in [-0.1, -0.05) is 0 Å². The second-order valence-corrected chi connectivity index (χ2v) is 5.94. The predicted octanol–water partition coefficient (Wildman–Crippen LogP) is 3.96. The van der Waals surface area contributed by atoms with Gasteiger partial charge in [-0.25, -0.2) is 4.98 Å². The van der Waals surface area contributed by atoms with Gasteiger partial charge in [0.1, 0.15) is 17.1 Å². The first kappa shape index (κ1) is 17.7. The third-order valence-electron chi connectivity index (χ3n) is 3.97. The molecule has 28 heavy (non-hydrogen) atoms. The number of rotatable bonds is 3. The number of amides is 1. The molecule has 0 radical (unpaired) electrons. The number of nitrogens with zero attached hydrogens (tertiary/aromatic N) is 4. The van der Waals surface area contributed by atoms with Crippen LogP contribution in [0, 0.1) is 6.92 Å². The summed E-state index contributed by atoms with van der Waals surface area (Å²) in [6, 6.07) is 7.74. The fraction of sp³-hybridized carbons (Fsp3) is 0.111. The smallest absolute Gasteiger partial charge is 0.421 e. The third-order valence-corrected chi connectivity index (χ3v) is 3.97. The van der Waals surface area contributed by atoms with Crippen LogP contribution in [0.2, 0.25) is 0 Å². The number of halogens is 3. The molecule has 0 unspecified atom stereocenters. The fourth-order valence-corrected chi connectivity index (χ4v) is 2.59. The molecule has 0 aliphatic rings. The molecular weight excluding hydrogens is 375 g/mol. The first-order chi connectivity index (χ1) is 13.3. The normalized spacial score (nSPS) is 11.7. The zero-order chi connectivity index (χ0) is 19.9. The standard InChI is InChI=1S/C18H12F3N5O2/c1-10-4-5-11(8-22-10)17(27)25-15-7-13(14-3-2-6-28-14)24-16-12(18(19,20)21)9-23-26(15)16/h2-9H,1H3,(H,25,27). The second kappa shape index (κ2) is 6.48. The van der Waals surface area contributed by atoms with Crippen LogP contribution >= 0.6 is 0 Å². The maximum atomic E-state index is 13.3. The lowest BCUT2D eigenvalue weighted by atomic mass is 10.2. The Bertz CT molecular complexity index is 1150. The number of aryl methyl sites for hydroxylation is 1. The summed E-state index contributed by atoms with van der Waals surface area (Å²) in [6.45, 7) is 1.77. The summed E-state index contributed by atoms with van der Waals surface area (Å²) < 4.78 is 46.1. The van der Waals surface area contributed by atoms with Crippen LogP contribution < -0.4 is 5.32 Å². The average molecular weight is 387 g/mol. The van der Waals surface area contributed by atoms with Crippen molar-refractivity contribution >= 4 is 17.4 Å². The number of furan rings is 1. The molecule has 0 aromatic carbocycles. The van der Waals surface area contributed by atoms with E-state index in [1.165, 1.54) is 18.5 Å². The molecule has 4 rings (SSSR count). The van der Waals surface area contributed by atoms with Crippen LogP contribution in [0.3, 0.4) is 0 Å². The van der Waals surface area contributed by atoms with Gasteiger partial charge in [0.25, 0.3) is 5.91 Å². The van der Waals surface area contributed by atoms with Gasteiger partial charge < -0.3 is 9.73 Å². The van der Waals surface area contributed by atoms with E-state index in [0.717, 1.165) is 10.2 Å². The Morgan fingerprint density at radius 3 is 2.68 bits per heavy atom. The van der Waals surface area contributed by atoms with E-state index in [-0.39, 0.29) is 22.8 Å². The predicted molar refractivity (Wildman–Crippen MR) is 92.6 cm³/mol. The maximum absolute atomic E-state index is 13.3. The quantitative estimate of drug-likeness (QED) is 0.575. The number of anilines is 1. The van der Waals surface area contributed by atoms with Crippen molar-refractivity contribution in [2.24, 2.45) is 0 Å². The molecule has 4 heterocycles. The zero-order valence-corrected chi connectivity index (χ0v) is 14.4. The van der Waals surface area contributed by atoms with Gasteiger partial charge in [-0.15, -0.1) is 0 Å². The molecule has 0 bridgehead atoms. The highest BCUT2D eigenvalue weighted by Gasteiger charge is 2.36. The van der Waals surface area contributed by atoms with Crippen molar-refractivity contribution in [1.82, 2.24) is 19.6 Å². The topological polar surface area (TPSA) is 85.3 Å². The number of alkyl halides is 3. The lowest BCUT2D eigenvalue weighted by molar-refractivity contribution is -0.136. The number of aromatic nitrogens is 4. The fourth-order valence-electron chi connectivity index (χ4n) is 2.59. The van der Waals surface area contributed by atoms with Crippen molar-refractivity contribution in [3.05, 3.63) is 65.8 Å². The molecule has 0 spiro atoms. The number of pyridine rings is 1. The number of carbonyl (C=O) groups excluding carboxylic acids is 1. The van der Waals surface area contributed by atoms with Crippen LogP contribution in [0.15, 0.2) is 53.4 Å². The monoisotopic (exact) mass is 387 g/mol. The molecule has 4 aromatic heterocycles. The van der Waals surface area contributed by atoms with E-state index < -0.39 is 23.3 Å². The lowest BCUT2D eigenvalue weighted by Gasteiger charge is -2.10. The molecule has 1 amide bonds. The van der Waals surface area contributed by atoms with Gasteiger partial charge in [0.15, 0.2) is 11.4 Å². The van der Waals surface area contributed by atoms with E-state index >= 15 is 0 Å². The second-order valence-electron chi connectivity index (χ2n) is 5.94. The molecule has 0 aliphatic carbocycles. The summed E-state index contributed by atoms with van der Waals surface area (Å²) >= 11 is 0. The Hall–Kier alpha value is -3.69. The van der Waals surface area contributed by atoms with Crippen LogP contribution in [0.4, 0.5) is 19.0 Å². The highest BCUT2D eigenvalue weighted by Crippen LogP contribution is 2.34. The van der Waals surface area contributed by atoms with E-state index in [1.54, 1.807) is 31.2 Å². The Balaban J connectivity index is 1.83. The highest BCUT2D eigenvalue weighted by molar-refractivity contribution is 6.03. The van der Waals surface area contributed by atoms with Gasteiger partial charge >= 0.3 is 6.18 Å². The number of nitrogens with one attached hydrogen (secondary N) is 1. The average Bonchev–Trinajstić information content (AvgIpc) is 3.31. The Morgan fingerprint density at radius 2 is 2.04 bits per heavy atom. The van der Waals surface area contributed by atoms with Crippen LogP contribution in [-0.4, -0.2) is 25.5 Å². The van der Waals surface area contributed by atoms with Gasteiger partial charge in [-0.3, -0.25) is 9.78 Å². The van der Waals surface area contributed by atoms with Crippen LogP contribution in [-0.2, 0) is 6.18 Å². The van der Waals surface area contributed by atoms with Crippen molar-refractivity contribution in [2.75, 3.05) is 5.32 Å². The van der Waals surface area contributed by atoms with E-state index in [0.29, 0.717) is 6.20 Å². The SMILES string of the molecule is Cc1ccc(C(=O)Nc2cc(-c3ccco3)nc3c(C(F)(F)F)cnn23)cn1. The largest absolute Gasteiger partial charge is 0.463 e. The summed E-state index contributed by atoms with van der Waals surface area (Å²) in [6.07, 6.45) is -1.24. The molecule has 4 aromatic rings. The van der Waals surface area contributed by atoms with Gasteiger partial charge in [-0.2, -0.15) is 22.8 Å². The van der Waals surface area contributed by atoms with Crippen molar-refractivity contribution in [3.8, 4) is 11.5 Å². The summed E-state index contributed by atoms with van der Waals surface area (Å²) in [5, 5.41) is 6.30.